The molecule has 4 nitrogen and oxygen atoms in total. The molecule has 0 bridgehead atoms. The first-order valence-electron chi connectivity index (χ1n) is 10.2. The third-order valence-corrected chi connectivity index (χ3v) is 4.94. The SMILES string of the molecule is CCCCNC(=O)[C@H](C)N(Cc1ccccc1)C(=O)CCc1ccc(C)cc1. The second kappa shape index (κ2) is 11.3. The van der Waals surface area contributed by atoms with Crippen LogP contribution in [0.3, 0.4) is 0 Å². The van der Waals surface area contributed by atoms with Crippen LogP contribution in [0.1, 0.15) is 49.8 Å². The minimum absolute atomic E-state index is 0.00238. The highest BCUT2D eigenvalue weighted by atomic mass is 16.2. The molecule has 2 rings (SSSR count). The van der Waals surface area contributed by atoms with Gasteiger partial charge in [-0.2, -0.15) is 0 Å². The Morgan fingerprint density at radius 2 is 1.68 bits per heavy atom. The molecule has 0 saturated heterocycles. The molecular formula is C24H32N2O2. The van der Waals surface area contributed by atoms with E-state index in [1.165, 1.54) is 5.56 Å². The number of carbonyl (C=O) groups excluding carboxylic acids is 2. The molecule has 2 amide bonds. The van der Waals surface area contributed by atoms with Gasteiger partial charge in [0.1, 0.15) is 6.04 Å². The fraction of sp³-hybridized carbons (Fsp3) is 0.417. The van der Waals surface area contributed by atoms with Gasteiger partial charge in [0.25, 0.3) is 0 Å². The second-order valence-corrected chi connectivity index (χ2v) is 7.31. The van der Waals surface area contributed by atoms with Gasteiger partial charge in [0, 0.05) is 19.5 Å². The molecule has 0 aliphatic rings. The molecular weight excluding hydrogens is 348 g/mol. The van der Waals surface area contributed by atoms with Crippen molar-refractivity contribution in [1.82, 2.24) is 10.2 Å². The molecule has 0 radical (unpaired) electrons. The predicted octanol–water partition coefficient (Wildman–Crippen LogP) is 4.26. The van der Waals surface area contributed by atoms with E-state index in [2.05, 4.69) is 43.4 Å². The quantitative estimate of drug-likeness (QED) is 0.626. The highest BCUT2D eigenvalue weighted by Gasteiger charge is 2.25. The lowest BCUT2D eigenvalue weighted by molar-refractivity contribution is -0.140. The van der Waals surface area contributed by atoms with Crippen molar-refractivity contribution in [2.45, 2.75) is 59.0 Å². The smallest absolute Gasteiger partial charge is 0.242 e. The van der Waals surface area contributed by atoms with Gasteiger partial charge in [-0.05, 0) is 37.8 Å². The Bertz CT molecular complexity index is 741. The largest absolute Gasteiger partial charge is 0.354 e. The first-order valence-corrected chi connectivity index (χ1v) is 10.2. The molecule has 0 spiro atoms. The lowest BCUT2D eigenvalue weighted by atomic mass is 10.1. The number of benzene rings is 2. The molecule has 2 aromatic rings. The molecule has 28 heavy (non-hydrogen) atoms. The molecule has 1 N–H and O–H groups in total. The highest BCUT2D eigenvalue weighted by Crippen LogP contribution is 2.13. The Hall–Kier alpha value is -2.62. The van der Waals surface area contributed by atoms with Gasteiger partial charge < -0.3 is 10.2 Å². The minimum atomic E-state index is -0.498. The number of carbonyl (C=O) groups is 2. The van der Waals surface area contributed by atoms with E-state index in [1.54, 1.807) is 4.90 Å². The molecule has 0 aliphatic carbocycles. The summed E-state index contributed by atoms with van der Waals surface area (Å²) < 4.78 is 0. The maximum Gasteiger partial charge on any atom is 0.242 e. The summed E-state index contributed by atoms with van der Waals surface area (Å²) in [6.45, 7) is 7.04. The van der Waals surface area contributed by atoms with Gasteiger partial charge in [-0.1, -0.05) is 73.5 Å². The lowest BCUT2D eigenvalue weighted by Gasteiger charge is -2.29. The maximum atomic E-state index is 13.0. The Kier molecular flexibility index (Phi) is 8.73. The molecule has 0 heterocycles. The summed E-state index contributed by atoms with van der Waals surface area (Å²) in [6, 6.07) is 17.6. The zero-order valence-corrected chi connectivity index (χ0v) is 17.3. The number of amides is 2. The number of nitrogens with one attached hydrogen (secondary N) is 1. The Labute approximate surface area is 169 Å². The monoisotopic (exact) mass is 380 g/mol. The van der Waals surface area contributed by atoms with Gasteiger partial charge in [-0.25, -0.2) is 0 Å². The number of rotatable bonds is 10. The predicted molar refractivity (Wildman–Crippen MR) is 114 cm³/mol. The molecule has 0 aliphatic heterocycles. The summed E-state index contributed by atoms with van der Waals surface area (Å²) >= 11 is 0. The van der Waals surface area contributed by atoms with Crippen LogP contribution in [-0.4, -0.2) is 29.3 Å². The normalized spacial score (nSPS) is 11.7. The zero-order valence-electron chi connectivity index (χ0n) is 17.3. The molecule has 2 aromatic carbocycles. The van der Waals surface area contributed by atoms with Gasteiger partial charge in [0.2, 0.25) is 11.8 Å². The van der Waals surface area contributed by atoms with Crippen molar-refractivity contribution in [3.05, 3.63) is 71.3 Å². The third-order valence-electron chi connectivity index (χ3n) is 4.94. The Morgan fingerprint density at radius 1 is 1.00 bits per heavy atom. The summed E-state index contributed by atoms with van der Waals surface area (Å²) in [6.07, 6.45) is 3.04. The average Bonchev–Trinajstić information content (AvgIpc) is 2.71. The first-order chi connectivity index (χ1) is 13.5. The second-order valence-electron chi connectivity index (χ2n) is 7.31. The standard InChI is InChI=1S/C24H32N2O2/c1-4-5-17-25-24(28)20(3)26(18-22-9-7-6-8-10-22)23(27)16-15-21-13-11-19(2)12-14-21/h6-14,20H,4-5,15-18H2,1-3H3,(H,25,28)/t20-/m0/s1. The molecule has 1 atom stereocenters. The van der Waals surface area contributed by atoms with Crippen LogP contribution in [0.4, 0.5) is 0 Å². The summed E-state index contributed by atoms with van der Waals surface area (Å²) in [5.74, 6) is -0.0874. The molecule has 150 valence electrons. The van der Waals surface area contributed by atoms with Crippen LogP contribution in [0.25, 0.3) is 0 Å². The topological polar surface area (TPSA) is 49.4 Å². The third kappa shape index (κ3) is 6.84. The van der Waals surface area contributed by atoms with Crippen molar-refractivity contribution in [3.63, 3.8) is 0 Å². The van der Waals surface area contributed by atoms with E-state index in [0.717, 1.165) is 24.0 Å². The first kappa shape index (κ1) is 21.7. The van der Waals surface area contributed by atoms with E-state index in [0.29, 0.717) is 25.9 Å². The number of hydrogen-bond acceptors (Lipinski definition) is 2. The van der Waals surface area contributed by atoms with Crippen LogP contribution in [0.15, 0.2) is 54.6 Å². The van der Waals surface area contributed by atoms with E-state index >= 15 is 0 Å². The van der Waals surface area contributed by atoms with Gasteiger partial charge in [0.15, 0.2) is 0 Å². The van der Waals surface area contributed by atoms with Gasteiger partial charge in [-0.15, -0.1) is 0 Å². The zero-order chi connectivity index (χ0) is 20.4. The van der Waals surface area contributed by atoms with Crippen molar-refractivity contribution < 1.29 is 9.59 Å². The summed E-state index contributed by atoms with van der Waals surface area (Å²) in [4.78, 5) is 27.3. The average molecular weight is 381 g/mol. The summed E-state index contributed by atoms with van der Waals surface area (Å²) in [7, 11) is 0. The molecule has 4 heteroatoms. The van der Waals surface area contributed by atoms with Gasteiger partial charge >= 0.3 is 0 Å². The number of nitrogens with zero attached hydrogens (tertiary/aromatic N) is 1. The van der Waals surface area contributed by atoms with Crippen LogP contribution in [0.2, 0.25) is 0 Å². The van der Waals surface area contributed by atoms with E-state index in [9.17, 15) is 9.59 Å². The Morgan fingerprint density at radius 3 is 2.32 bits per heavy atom. The van der Waals surface area contributed by atoms with Crippen molar-refractivity contribution in [3.8, 4) is 0 Å². The molecule has 0 fully saturated rings. The van der Waals surface area contributed by atoms with E-state index < -0.39 is 6.04 Å². The van der Waals surface area contributed by atoms with E-state index in [1.807, 2.05) is 37.3 Å². The van der Waals surface area contributed by atoms with Gasteiger partial charge in [0.05, 0.1) is 0 Å². The van der Waals surface area contributed by atoms with Crippen LogP contribution >= 0.6 is 0 Å². The van der Waals surface area contributed by atoms with Crippen molar-refractivity contribution in [2.75, 3.05) is 6.54 Å². The van der Waals surface area contributed by atoms with Crippen LogP contribution in [0.5, 0.6) is 0 Å². The van der Waals surface area contributed by atoms with Crippen LogP contribution in [0, 0.1) is 6.92 Å². The van der Waals surface area contributed by atoms with Crippen LogP contribution in [-0.2, 0) is 22.6 Å². The number of unbranched alkanes of at least 4 members (excludes halogenated alkanes) is 1. The maximum absolute atomic E-state index is 13.0. The molecule has 0 saturated carbocycles. The molecule has 0 unspecified atom stereocenters. The lowest BCUT2D eigenvalue weighted by Crippen LogP contribution is -2.47. The number of hydrogen-bond donors (Lipinski definition) is 1. The minimum Gasteiger partial charge on any atom is -0.354 e. The van der Waals surface area contributed by atoms with Crippen molar-refractivity contribution in [1.29, 1.82) is 0 Å². The number of aryl methyl sites for hydroxylation is 2. The Balaban J connectivity index is 2.06. The van der Waals surface area contributed by atoms with Crippen LogP contribution < -0.4 is 5.32 Å². The van der Waals surface area contributed by atoms with E-state index in [-0.39, 0.29) is 11.8 Å². The molecule has 0 aromatic heterocycles. The van der Waals surface area contributed by atoms with Crippen molar-refractivity contribution >= 4 is 11.8 Å². The van der Waals surface area contributed by atoms with Crippen molar-refractivity contribution in [2.24, 2.45) is 0 Å². The fourth-order valence-corrected chi connectivity index (χ4v) is 3.05. The van der Waals surface area contributed by atoms with Gasteiger partial charge in [-0.3, -0.25) is 9.59 Å². The summed E-state index contributed by atoms with van der Waals surface area (Å²) in [5.41, 5.74) is 3.37. The fourth-order valence-electron chi connectivity index (χ4n) is 3.05. The summed E-state index contributed by atoms with van der Waals surface area (Å²) in [5, 5.41) is 2.95. The highest BCUT2D eigenvalue weighted by molar-refractivity contribution is 5.87. The van der Waals surface area contributed by atoms with E-state index in [4.69, 9.17) is 0 Å².